The smallest absolute Gasteiger partial charge is 0.311 e. The lowest BCUT2D eigenvalue weighted by Gasteiger charge is -2.14. The standard InChI is InChI=1S/C16H24N2O3/c1-3-4-7-10-18-16(20)12(2)21-15(19)11-13-8-5-6-9-14(13)17/h5-6,8-9,12H,3-4,7,10-11,17H2,1-2H3,(H,18,20). The van der Waals surface area contributed by atoms with E-state index in [2.05, 4.69) is 12.2 Å². The van der Waals surface area contributed by atoms with Crippen LogP contribution in [0.4, 0.5) is 5.69 Å². The summed E-state index contributed by atoms with van der Waals surface area (Å²) in [5.41, 5.74) is 7.02. The van der Waals surface area contributed by atoms with Gasteiger partial charge in [-0.05, 0) is 25.0 Å². The summed E-state index contributed by atoms with van der Waals surface area (Å²) in [7, 11) is 0. The van der Waals surface area contributed by atoms with Gasteiger partial charge in [0.05, 0.1) is 6.42 Å². The van der Waals surface area contributed by atoms with Crippen LogP contribution in [-0.4, -0.2) is 24.5 Å². The predicted octanol–water partition coefficient (Wildman–Crippen LogP) is 2.05. The number of unbranched alkanes of at least 4 members (excludes halogenated alkanes) is 2. The van der Waals surface area contributed by atoms with E-state index >= 15 is 0 Å². The first-order valence-corrected chi connectivity index (χ1v) is 7.35. The van der Waals surface area contributed by atoms with Crippen LogP contribution in [0.15, 0.2) is 24.3 Å². The largest absolute Gasteiger partial charge is 0.452 e. The SMILES string of the molecule is CCCCCNC(=O)C(C)OC(=O)Cc1ccccc1N. The summed E-state index contributed by atoms with van der Waals surface area (Å²) in [6.45, 7) is 4.28. The molecule has 0 aliphatic heterocycles. The maximum atomic E-state index is 11.8. The van der Waals surface area contributed by atoms with Gasteiger partial charge in [-0.3, -0.25) is 9.59 Å². The molecule has 0 aromatic heterocycles. The number of carbonyl (C=O) groups excluding carboxylic acids is 2. The Hall–Kier alpha value is -2.04. The van der Waals surface area contributed by atoms with E-state index in [9.17, 15) is 9.59 Å². The van der Waals surface area contributed by atoms with E-state index in [0.29, 0.717) is 17.8 Å². The third-order valence-corrected chi connectivity index (χ3v) is 3.15. The number of esters is 1. The molecule has 0 saturated heterocycles. The van der Waals surface area contributed by atoms with Crippen molar-refractivity contribution >= 4 is 17.6 Å². The van der Waals surface area contributed by atoms with Gasteiger partial charge in [-0.25, -0.2) is 0 Å². The summed E-state index contributed by atoms with van der Waals surface area (Å²) in [5.74, 6) is -0.718. The Morgan fingerprint density at radius 3 is 2.67 bits per heavy atom. The van der Waals surface area contributed by atoms with Crippen LogP contribution in [0.5, 0.6) is 0 Å². The normalized spacial score (nSPS) is 11.7. The van der Waals surface area contributed by atoms with E-state index < -0.39 is 12.1 Å². The summed E-state index contributed by atoms with van der Waals surface area (Å²) in [6.07, 6.45) is 2.38. The topological polar surface area (TPSA) is 81.4 Å². The molecule has 1 aromatic carbocycles. The van der Waals surface area contributed by atoms with Crippen LogP contribution >= 0.6 is 0 Å². The number of nitrogens with one attached hydrogen (secondary N) is 1. The van der Waals surface area contributed by atoms with Crippen molar-refractivity contribution < 1.29 is 14.3 Å². The molecule has 0 spiro atoms. The fourth-order valence-electron chi connectivity index (χ4n) is 1.87. The van der Waals surface area contributed by atoms with E-state index in [1.807, 2.05) is 6.07 Å². The van der Waals surface area contributed by atoms with Gasteiger partial charge in [-0.15, -0.1) is 0 Å². The molecule has 1 atom stereocenters. The van der Waals surface area contributed by atoms with Gasteiger partial charge in [-0.1, -0.05) is 38.0 Å². The number of rotatable bonds is 8. The predicted molar refractivity (Wildman–Crippen MR) is 82.6 cm³/mol. The van der Waals surface area contributed by atoms with Crippen LogP contribution in [0.3, 0.4) is 0 Å². The number of amides is 1. The maximum Gasteiger partial charge on any atom is 0.311 e. The highest BCUT2D eigenvalue weighted by Gasteiger charge is 2.17. The molecule has 1 aromatic rings. The van der Waals surface area contributed by atoms with E-state index in [1.165, 1.54) is 0 Å². The Labute approximate surface area is 125 Å². The lowest BCUT2D eigenvalue weighted by atomic mass is 10.1. The summed E-state index contributed by atoms with van der Waals surface area (Å²) in [4.78, 5) is 23.5. The summed E-state index contributed by atoms with van der Waals surface area (Å²) in [6, 6.07) is 7.11. The molecule has 116 valence electrons. The van der Waals surface area contributed by atoms with Gasteiger partial charge in [0.25, 0.3) is 5.91 Å². The van der Waals surface area contributed by atoms with Gasteiger partial charge in [0.15, 0.2) is 6.10 Å². The first-order chi connectivity index (χ1) is 10.0. The molecule has 1 rings (SSSR count). The van der Waals surface area contributed by atoms with E-state index in [-0.39, 0.29) is 12.3 Å². The minimum Gasteiger partial charge on any atom is -0.452 e. The molecular weight excluding hydrogens is 268 g/mol. The number of benzene rings is 1. The van der Waals surface area contributed by atoms with Gasteiger partial charge in [0.2, 0.25) is 0 Å². The number of hydrogen-bond acceptors (Lipinski definition) is 4. The number of ether oxygens (including phenoxy) is 1. The fourth-order valence-corrected chi connectivity index (χ4v) is 1.87. The monoisotopic (exact) mass is 292 g/mol. The quantitative estimate of drug-likeness (QED) is 0.436. The Kier molecular flexibility index (Phi) is 7.29. The van der Waals surface area contributed by atoms with Crippen molar-refractivity contribution in [2.75, 3.05) is 12.3 Å². The number of carbonyl (C=O) groups is 2. The van der Waals surface area contributed by atoms with Crippen molar-refractivity contribution in [1.29, 1.82) is 0 Å². The minimum absolute atomic E-state index is 0.0696. The van der Waals surface area contributed by atoms with Gasteiger partial charge in [-0.2, -0.15) is 0 Å². The van der Waals surface area contributed by atoms with Crippen molar-refractivity contribution in [3.8, 4) is 0 Å². The van der Waals surface area contributed by atoms with Crippen LogP contribution in [-0.2, 0) is 20.7 Å². The Balaban J connectivity index is 2.36. The summed E-state index contributed by atoms with van der Waals surface area (Å²) < 4.78 is 5.12. The Bertz CT molecular complexity index is 474. The molecule has 0 fully saturated rings. The van der Waals surface area contributed by atoms with E-state index in [1.54, 1.807) is 25.1 Å². The van der Waals surface area contributed by atoms with Crippen molar-refractivity contribution in [1.82, 2.24) is 5.32 Å². The molecule has 0 heterocycles. The van der Waals surface area contributed by atoms with Crippen LogP contribution in [0.2, 0.25) is 0 Å². The number of nitrogens with two attached hydrogens (primary N) is 1. The molecule has 1 unspecified atom stereocenters. The van der Waals surface area contributed by atoms with Crippen molar-refractivity contribution in [2.24, 2.45) is 0 Å². The second kappa shape index (κ2) is 9.00. The van der Waals surface area contributed by atoms with Crippen LogP contribution in [0.25, 0.3) is 0 Å². The third-order valence-electron chi connectivity index (χ3n) is 3.15. The second-order valence-electron chi connectivity index (χ2n) is 5.01. The summed E-state index contributed by atoms with van der Waals surface area (Å²) >= 11 is 0. The van der Waals surface area contributed by atoms with Gasteiger partial charge < -0.3 is 15.8 Å². The molecule has 5 nitrogen and oxygen atoms in total. The van der Waals surface area contributed by atoms with E-state index in [0.717, 1.165) is 19.3 Å². The highest BCUT2D eigenvalue weighted by atomic mass is 16.5. The molecule has 21 heavy (non-hydrogen) atoms. The third kappa shape index (κ3) is 6.29. The van der Waals surface area contributed by atoms with Gasteiger partial charge >= 0.3 is 5.97 Å². The molecule has 1 amide bonds. The van der Waals surface area contributed by atoms with Gasteiger partial charge in [0.1, 0.15) is 0 Å². The average Bonchev–Trinajstić information content (AvgIpc) is 2.45. The molecule has 3 N–H and O–H groups in total. The lowest BCUT2D eigenvalue weighted by molar-refractivity contribution is -0.154. The van der Waals surface area contributed by atoms with Crippen molar-refractivity contribution in [3.05, 3.63) is 29.8 Å². The molecular formula is C16H24N2O3. The molecule has 5 heteroatoms. The zero-order chi connectivity index (χ0) is 15.7. The maximum absolute atomic E-state index is 11.8. The van der Waals surface area contributed by atoms with Crippen molar-refractivity contribution in [3.63, 3.8) is 0 Å². The first-order valence-electron chi connectivity index (χ1n) is 7.35. The molecule has 0 saturated carbocycles. The first kappa shape index (κ1) is 17.0. The number of para-hydroxylation sites is 1. The number of anilines is 1. The molecule has 0 aliphatic rings. The number of hydrogen-bond donors (Lipinski definition) is 2. The van der Waals surface area contributed by atoms with Gasteiger partial charge in [0, 0.05) is 12.2 Å². The molecule has 0 radical (unpaired) electrons. The molecule has 0 bridgehead atoms. The van der Waals surface area contributed by atoms with Crippen LogP contribution in [0, 0.1) is 0 Å². The zero-order valence-electron chi connectivity index (χ0n) is 12.7. The highest BCUT2D eigenvalue weighted by molar-refractivity contribution is 5.84. The van der Waals surface area contributed by atoms with E-state index in [4.69, 9.17) is 10.5 Å². The zero-order valence-corrected chi connectivity index (χ0v) is 12.7. The average molecular weight is 292 g/mol. The fraction of sp³-hybridized carbons (Fsp3) is 0.500. The van der Waals surface area contributed by atoms with Crippen LogP contribution < -0.4 is 11.1 Å². The Morgan fingerprint density at radius 2 is 2.00 bits per heavy atom. The lowest BCUT2D eigenvalue weighted by Crippen LogP contribution is -2.36. The molecule has 0 aliphatic carbocycles. The van der Waals surface area contributed by atoms with Crippen molar-refractivity contribution in [2.45, 2.75) is 45.6 Å². The number of nitrogen functional groups attached to an aromatic ring is 1. The summed E-state index contributed by atoms with van der Waals surface area (Å²) in [5, 5.41) is 2.76. The second-order valence-corrected chi connectivity index (χ2v) is 5.01. The minimum atomic E-state index is -0.788. The Morgan fingerprint density at radius 1 is 1.29 bits per heavy atom. The highest BCUT2D eigenvalue weighted by Crippen LogP contribution is 2.12. The van der Waals surface area contributed by atoms with Crippen LogP contribution in [0.1, 0.15) is 38.7 Å².